The molecule has 0 amide bonds. The molecule has 80 valence electrons. The van der Waals surface area contributed by atoms with Crippen molar-refractivity contribution in [2.24, 2.45) is 0 Å². The summed E-state index contributed by atoms with van der Waals surface area (Å²) in [5.74, 6) is 0.873. The predicted molar refractivity (Wildman–Crippen MR) is 67.5 cm³/mol. The first kappa shape index (κ1) is 11.5. The SMILES string of the molecule is C=Cc1cc(N)nc(C(C)C)c1C(=C)C. The van der Waals surface area contributed by atoms with Crippen LogP contribution in [-0.4, -0.2) is 4.98 Å². The van der Waals surface area contributed by atoms with Crippen LogP contribution in [-0.2, 0) is 0 Å². The van der Waals surface area contributed by atoms with Gasteiger partial charge in [-0.2, -0.15) is 0 Å². The second kappa shape index (κ2) is 4.30. The average molecular weight is 202 g/mol. The molecule has 15 heavy (non-hydrogen) atoms. The van der Waals surface area contributed by atoms with Crippen LogP contribution in [0.25, 0.3) is 11.6 Å². The number of hydrogen-bond donors (Lipinski definition) is 1. The zero-order chi connectivity index (χ0) is 11.6. The first-order chi connectivity index (χ1) is 6.97. The van der Waals surface area contributed by atoms with Crippen molar-refractivity contribution in [1.29, 1.82) is 0 Å². The molecule has 0 saturated carbocycles. The maximum Gasteiger partial charge on any atom is 0.124 e. The van der Waals surface area contributed by atoms with Crippen LogP contribution < -0.4 is 5.73 Å². The summed E-state index contributed by atoms with van der Waals surface area (Å²) in [5, 5.41) is 0. The minimum Gasteiger partial charge on any atom is -0.384 e. The Balaban J connectivity index is 3.54. The number of nitrogens with zero attached hydrogens (tertiary/aromatic N) is 1. The summed E-state index contributed by atoms with van der Waals surface area (Å²) in [7, 11) is 0. The molecule has 2 heteroatoms. The highest BCUT2D eigenvalue weighted by molar-refractivity contribution is 5.74. The second-order valence-electron chi connectivity index (χ2n) is 4.04. The molecule has 0 atom stereocenters. The van der Waals surface area contributed by atoms with Gasteiger partial charge in [-0.3, -0.25) is 0 Å². The van der Waals surface area contributed by atoms with E-state index in [1.807, 2.05) is 13.0 Å². The lowest BCUT2D eigenvalue weighted by molar-refractivity contribution is 0.820. The van der Waals surface area contributed by atoms with Gasteiger partial charge in [0.05, 0.1) is 5.69 Å². The molecule has 2 nitrogen and oxygen atoms in total. The van der Waals surface area contributed by atoms with Crippen LogP contribution in [0.5, 0.6) is 0 Å². The number of rotatable bonds is 3. The first-order valence-electron chi connectivity index (χ1n) is 5.06. The third-order valence-corrected chi connectivity index (χ3v) is 2.29. The van der Waals surface area contributed by atoms with E-state index in [9.17, 15) is 0 Å². The lowest BCUT2D eigenvalue weighted by Crippen LogP contribution is -2.04. The molecule has 2 N–H and O–H groups in total. The van der Waals surface area contributed by atoms with Crippen molar-refractivity contribution < 1.29 is 0 Å². The van der Waals surface area contributed by atoms with Crippen molar-refractivity contribution in [3.63, 3.8) is 0 Å². The summed E-state index contributed by atoms with van der Waals surface area (Å²) >= 11 is 0. The zero-order valence-corrected chi connectivity index (χ0v) is 9.67. The number of pyridine rings is 1. The van der Waals surface area contributed by atoms with Gasteiger partial charge in [0, 0.05) is 5.56 Å². The molecule has 0 spiro atoms. The molecule has 1 aromatic rings. The lowest BCUT2D eigenvalue weighted by atomic mass is 9.94. The molecule has 0 fully saturated rings. The van der Waals surface area contributed by atoms with Crippen molar-refractivity contribution in [2.45, 2.75) is 26.7 Å². The van der Waals surface area contributed by atoms with Gasteiger partial charge in [-0.15, -0.1) is 0 Å². The largest absolute Gasteiger partial charge is 0.384 e. The Morgan fingerprint density at radius 2 is 2.13 bits per heavy atom. The maximum atomic E-state index is 5.75. The fourth-order valence-electron chi connectivity index (χ4n) is 1.65. The molecule has 1 rings (SSSR count). The van der Waals surface area contributed by atoms with Crippen LogP contribution in [0.2, 0.25) is 0 Å². The van der Waals surface area contributed by atoms with Gasteiger partial charge in [0.25, 0.3) is 0 Å². The Labute approximate surface area is 91.5 Å². The van der Waals surface area contributed by atoms with E-state index in [-0.39, 0.29) is 0 Å². The molecule has 0 unspecified atom stereocenters. The summed E-state index contributed by atoms with van der Waals surface area (Å²) < 4.78 is 0. The first-order valence-corrected chi connectivity index (χ1v) is 5.06. The van der Waals surface area contributed by atoms with E-state index in [0.717, 1.165) is 22.4 Å². The Morgan fingerprint density at radius 1 is 1.53 bits per heavy atom. The third-order valence-electron chi connectivity index (χ3n) is 2.29. The van der Waals surface area contributed by atoms with Gasteiger partial charge >= 0.3 is 0 Å². The van der Waals surface area contributed by atoms with Crippen molar-refractivity contribution in [3.8, 4) is 0 Å². The molecule has 0 aliphatic rings. The summed E-state index contributed by atoms with van der Waals surface area (Å²) in [6.45, 7) is 13.9. The fourth-order valence-corrected chi connectivity index (χ4v) is 1.65. The second-order valence-corrected chi connectivity index (χ2v) is 4.04. The monoisotopic (exact) mass is 202 g/mol. The van der Waals surface area contributed by atoms with Crippen LogP contribution in [0.4, 0.5) is 5.82 Å². The van der Waals surface area contributed by atoms with Crippen molar-refractivity contribution in [2.75, 3.05) is 5.73 Å². The van der Waals surface area contributed by atoms with E-state index < -0.39 is 0 Å². The highest BCUT2D eigenvalue weighted by Crippen LogP contribution is 2.28. The standard InChI is InChI=1S/C13H18N2/c1-6-10-7-11(14)15-13(9(4)5)12(10)8(2)3/h6-7,9H,1-2H2,3-5H3,(H2,14,15). The number of allylic oxidation sites excluding steroid dienone is 1. The summed E-state index contributed by atoms with van der Waals surface area (Å²) in [6, 6.07) is 1.84. The molecule has 0 bridgehead atoms. The minimum absolute atomic E-state index is 0.332. The zero-order valence-electron chi connectivity index (χ0n) is 9.67. The topological polar surface area (TPSA) is 38.9 Å². The summed E-state index contributed by atoms with van der Waals surface area (Å²) in [5.41, 5.74) is 9.84. The number of hydrogen-bond acceptors (Lipinski definition) is 2. The smallest absolute Gasteiger partial charge is 0.124 e. The Hall–Kier alpha value is -1.57. The Kier molecular flexibility index (Phi) is 3.30. The quantitative estimate of drug-likeness (QED) is 0.815. The fraction of sp³-hybridized carbons (Fsp3) is 0.308. The van der Waals surface area contributed by atoms with E-state index in [1.54, 1.807) is 6.08 Å². The van der Waals surface area contributed by atoms with Crippen molar-refractivity contribution >= 4 is 17.5 Å². The minimum atomic E-state index is 0.332. The molecule has 0 aromatic carbocycles. The predicted octanol–water partition coefficient (Wildman–Crippen LogP) is 3.46. The van der Waals surface area contributed by atoms with Crippen molar-refractivity contribution in [3.05, 3.63) is 36.0 Å². The number of anilines is 1. The van der Waals surface area contributed by atoms with Crippen molar-refractivity contribution in [1.82, 2.24) is 4.98 Å². The maximum absolute atomic E-state index is 5.75. The number of aromatic nitrogens is 1. The number of nitrogens with two attached hydrogens (primary N) is 1. The highest BCUT2D eigenvalue weighted by Gasteiger charge is 2.13. The van der Waals surface area contributed by atoms with Gasteiger partial charge in [-0.1, -0.05) is 33.1 Å². The Morgan fingerprint density at radius 3 is 2.53 bits per heavy atom. The van der Waals surface area contributed by atoms with E-state index >= 15 is 0 Å². The molecule has 0 radical (unpaired) electrons. The molecule has 0 aliphatic heterocycles. The lowest BCUT2D eigenvalue weighted by Gasteiger charge is -2.15. The molecule has 1 aromatic heterocycles. The average Bonchev–Trinajstić information content (AvgIpc) is 2.15. The molecular weight excluding hydrogens is 184 g/mol. The van der Waals surface area contributed by atoms with Gasteiger partial charge in [0.2, 0.25) is 0 Å². The van der Waals surface area contributed by atoms with Crippen LogP contribution in [0, 0.1) is 0 Å². The normalized spacial score (nSPS) is 10.4. The number of nitrogen functional groups attached to an aromatic ring is 1. The van der Waals surface area contributed by atoms with E-state index in [2.05, 4.69) is 32.0 Å². The summed E-state index contributed by atoms with van der Waals surface area (Å²) in [4.78, 5) is 4.37. The van der Waals surface area contributed by atoms with Crippen LogP contribution in [0.15, 0.2) is 19.2 Å². The van der Waals surface area contributed by atoms with Crippen LogP contribution in [0.1, 0.15) is 43.5 Å². The highest BCUT2D eigenvalue weighted by atomic mass is 14.8. The van der Waals surface area contributed by atoms with Gasteiger partial charge < -0.3 is 5.73 Å². The van der Waals surface area contributed by atoms with Crippen LogP contribution >= 0.6 is 0 Å². The Bertz CT molecular complexity index is 403. The van der Waals surface area contributed by atoms with Crippen LogP contribution in [0.3, 0.4) is 0 Å². The van der Waals surface area contributed by atoms with E-state index in [0.29, 0.717) is 11.7 Å². The van der Waals surface area contributed by atoms with Gasteiger partial charge in [-0.25, -0.2) is 4.98 Å². The molecule has 0 aliphatic carbocycles. The third kappa shape index (κ3) is 2.27. The van der Waals surface area contributed by atoms with Gasteiger partial charge in [0.15, 0.2) is 0 Å². The van der Waals surface area contributed by atoms with Gasteiger partial charge in [0.1, 0.15) is 5.82 Å². The molecule has 1 heterocycles. The van der Waals surface area contributed by atoms with E-state index in [1.165, 1.54) is 0 Å². The van der Waals surface area contributed by atoms with Gasteiger partial charge in [-0.05, 0) is 30.0 Å². The molecular formula is C13H18N2. The summed E-state index contributed by atoms with van der Waals surface area (Å²) in [6.07, 6.45) is 1.80. The molecule has 0 saturated heterocycles. The van der Waals surface area contributed by atoms with E-state index in [4.69, 9.17) is 5.73 Å².